The van der Waals surface area contributed by atoms with Gasteiger partial charge in [0.25, 0.3) is 0 Å². The van der Waals surface area contributed by atoms with Gasteiger partial charge in [0.05, 0.1) is 35.8 Å². The van der Waals surface area contributed by atoms with Crippen LogP contribution in [0.5, 0.6) is 0 Å². The van der Waals surface area contributed by atoms with Crippen LogP contribution in [0, 0.1) is 17.2 Å². The number of aliphatic hydroxyl groups excluding tert-OH is 1. The zero-order valence-corrected chi connectivity index (χ0v) is 13.7. The molecule has 1 unspecified atom stereocenters. The maximum Gasteiger partial charge on any atom is 0.213 e. The third-order valence-corrected chi connectivity index (χ3v) is 4.92. The number of hydrogen-bond acceptors (Lipinski definition) is 5. The second-order valence-corrected chi connectivity index (χ2v) is 6.50. The van der Waals surface area contributed by atoms with Crippen LogP contribution >= 0.6 is 11.6 Å². The lowest BCUT2D eigenvalue weighted by Crippen LogP contribution is -2.38. The maximum absolute atomic E-state index is 9.58. The zero-order chi connectivity index (χ0) is 16.7. The lowest BCUT2D eigenvalue weighted by molar-refractivity contribution is -0.190. The molecular weight excluding hydrogens is 330 g/mol. The van der Waals surface area contributed by atoms with Crippen LogP contribution in [0.3, 0.4) is 0 Å². The summed E-state index contributed by atoms with van der Waals surface area (Å²) in [7, 11) is 0. The molecule has 1 N–H and O–H groups in total. The molecule has 0 amide bonds. The number of ether oxygens (including phenoxy) is 2. The van der Waals surface area contributed by atoms with Crippen LogP contribution in [0.25, 0.3) is 5.69 Å². The molecule has 1 saturated heterocycles. The molecule has 0 bridgehead atoms. The van der Waals surface area contributed by atoms with Crippen LogP contribution in [-0.2, 0) is 21.7 Å². The average molecular weight is 346 g/mol. The number of halogens is 1. The SMILES string of the molecule is N#Cc1ccc(-n2cnc3c2C2(CC(CO)C3)OCCO2)cc1Cl. The highest BCUT2D eigenvalue weighted by Gasteiger charge is 2.48. The van der Waals surface area contributed by atoms with Crippen molar-refractivity contribution >= 4 is 11.6 Å². The fraction of sp³-hybridized carbons (Fsp3) is 0.412. The third kappa shape index (κ3) is 2.33. The molecule has 0 saturated carbocycles. The van der Waals surface area contributed by atoms with Crippen molar-refractivity contribution in [2.24, 2.45) is 5.92 Å². The van der Waals surface area contributed by atoms with E-state index in [9.17, 15) is 5.11 Å². The fourth-order valence-electron chi connectivity index (χ4n) is 3.54. The monoisotopic (exact) mass is 345 g/mol. The number of rotatable bonds is 2. The molecule has 2 aromatic rings. The molecule has 1 aliphatic heterocycles. The Kier molecular flexibility index (Phi) is 3.82. The van der Waals surface area contributed by atoms with E-state index in [1.54, 1.807) is 18.5 Å². The lowest BCUT2D eigenvalue weighted by Gasteiger charge is -2.36. The molecule has 1 atom stereocenters. The van der Waals surface area contributed by atoms with Gasteiger partial charge in [-0.25, -0.2) is 4.98 Å². The highest BCUT2D eigenvalue weighted by Crippen LogP contribution is 2.44. The Labute approximate surface area is 144 Å². The fourth-order valence-corrected chi connectivity index (χ4v) is 3.76. The highest BCUT2D eigenvalue weighted by atomic mass is 35.5. The number of imidazole rings is 1. The second-order valence-electron chi connectivity index (χ2n) is 6.09. The van der Waals surface area contributed by atoms with Gasteiger partial charge in [0.15, 0.2) is 0 Å². The normalized spacial score (nSPS) is 21.6. The predicted molar refractivity (Wildman–Crippen MR) is 85.8 cm³/mol. The third-order valence-electron chi connectivity index (χ3n) is 4.61. The minimum Gasteiger partial charge on any atom is -0.396 e. The van der Waals surface area contributed by atoms with Crippen LogP contribution in [-0.4, -0.2) is 34.5 Å². The first-order valence-corrected chi connectivity index (χ1v) is 8.20. The van der Waals surface area contributed by atoms with Crippen molar-refractivity contribution < 1.29 is 14.6 Å². The number of nitrogens with zero attached hydrogens (tertiary/aromatic N) is 3. The summed E-state index contributed by atoms with van der Waals surface area (Å²) in [6.45, 7) is 1.09. The molecule has 1 aromatic heterocycles. The van der Waals surface area contributed by atoms with Crippen molar-refractivity contribution in [2.75, 3.05) is 19.8 Å². The summed E-state index contributed by atoms with van der Waals surface area (Å²) in [4.78, 5) is 4.51. The van der Waals surface area contributed by atoms with Crippen molar-refractivity contribution in [1.29, 1.82) is 5.26 Å². The number of nitriles is 1. The first-order valence-electron chi connectivity index (χ1n) is 7.82. The second kappa shape index (κ2) is 5.87. The minimum absolute atomic E-state index is 0.0588. The standard InChI is InChI=1S/C17H16ClN3O3/c18-14-6-13(2-1-12(14)8-19)21-10-20-15-5-11(9-22)7-17(16(15)21)23-3-4-24-17/h1-2,6,10-11,22H,3-5,7,9H2. The number of benzene rings is 1. The molecule has 0 radical (unpaired) electrons. The summed E-state index contributed by atoms with van der Waals surface area (Å²) < 4.78 is 13.8. The van der Waals surface area contributed by atoms with Gasteiger partial charge in [0.2, 0.25) is 5.79 Å². The number of fused-ring (bicyclic) bond motifs is 2. The Morgan fingerprint density at radius 2 is 2.21 bits per heavy atom. The van der Waals surface area contributed by atoms with Gasteiger partial charge in [0, 0.05) is 18.7 Å². The van der Waals surface area contributed by atoms with Crippen molar-refractivity contribution in [3.8, 4) is 11.8 Å². The lowest BCUT2D eigenvalue weighted by atomic mass is 9.85. The first-order chi connectivity index (χ1) is 11.7. The highest BCUT2D eigenvalue weighted by molar-refractivity contribution is 6.31. The van der Waals surface area contributed by atoms with E-state index in [0.29, 0.717) is 36.6 Å². The summed E-state index contributed by atoms with van der Waals surface area (Å²) in [5, 5.41) is 19.0. The van der Waals surface area contributed by atoms with E-state index in [1.807, 2.05) is 10.6 Å². The Bertz CT molecular complexity index is 821. The van der Waals surface area contributed by atoms with E-state index < -0.39 is 5.79 Å². The van der Waals surface area contributed by atoms with E-state index in [-0.39, 0.29) is 12.5 Å². The molecule has 6 nitrogen and oxygen atoms in total. The predicted octanol–water partition coefficient (Wildman–Crippen LogP) is 2.15. The number of aromatic nitrogens is 2. The maximum atomic E-state index is 9.58. The molecule has 124 valence electrons. The minimum atomic E-state index is -0.877. The van der Waals surface area contributed by atoms with Gasteiger partial charge < -0.3 is 14.6 Å². The van der Waals surface area contributed by atoms with Crippen LogP contribution in [0.15, 0.2) is 24.5 Å². The van der Waals surface area contributed by atoms with Crippen molar-refractivity contribution in [1.82, 2.24) is 9.55 Å². The Balaban J connectivity index is 1.84. The molecule has 1 fully saturated rings. The molecule has 7 heteroatoms. The quantitative estimate of drug-likeness (QED) is 0.902. The van der Waals surface area contributed by atoms with Crippen LogP contribution in [0.2, 0.25) is 5.02 Å². The summed E-state index contributed by atoms with van der Waals surface area (Å²) in [6, 6.07) is 7.31. The van der Waals surface area contributed by atoms with E-state index in [0.717, 1.165) is 17.1 Å². The topological polar surface area (TPSA) is 80.3 Å². The smallest absolute Gasteiger partial charge is 0.213 e. The summed E-state index contributed by atoms with van der Waals surface area (Å²) in [5.74, 6) is -0.818. The number of aliphatic hydroxyl groups is 1. The van der Waals surface area contributed by atoms with Gasteiger partial charge in [0.1, 0.15) is 11.8 Å². The van der Waals surface area contributed by atoms with Crippen molar-refractivity contribution in [3.63, 3.8) is 0 Å². The van der Waals surface area contributed by atoms with Crippen LogP contribution in [0.4, 0.5) is 0 Å². The Hall–Kier alpha value is -1.91. The van der Waals surface area contributed by atoms with Crippen molar-refractivity contribution in [2.45, 2.75) is 18.6 Å². The summed E-state index contributed by atoms with van der Waals surface area (Å²) in [6.07, 6.45) is 2.98. The van der Waals surface area contributed by atoms with Gasteiger partial charge in [-0.15, -0.1) is 0 Å². The van der Waals surface area contributed by atoms with Gasteiger partial charge in [-0.1, -0.05) is 11.6 Å². The molecule has 1 aromatic carbocycles. The molecular formula is C17H16ClN3O3. The molecule has 2 heterocycles. The Morgan fingerprint density at radius 3 is 2.88 bits per heavy atom. The van der Waals surface area contributed by atoms with Crippen molar-refractivity contribution in [3.05, 3.63) is 46.5 Å². The molecule has 1 aliphatic carbocycles. The Morgan fingerprint density at radius 1 is 1.42 bits per heavy atom. The average Bonchev–Trinajstić information content (AvgIpc) is 3.22. The molecule has 24 heavy (non-hydrogen) atoms. The summed E-state index contributed by atoms with van der Waals surface area (Å²) in [5.41, 5.74) is 2.94. The van der Waals surface area contributed by atoms with E-state index in [2.05, 4.69) is 11.1 Å². The molecule has 4 rings (SSSR count). The van der Waals surface area contributed by atoms with Gasteiger partial charge in [-0.3, -0.25) is 4.57 Å². The first kappa shape index (κ1) is 15.6. The largest absolute Gasteiger partial charge is 0.396 e. The van der Waals surface area contributed by atoms with E-state index >= 15 is 0 Å². The summed E-state index contributed by atoms with van der Waals surface area (Å²) >= 11 is 6.17. The molecule has 1 spiro atoms. The van der Waals surface area contributed by atoms with Crippen LogP contribution in [0.1, 0.15) is 23.4 Å². The van der Waals surface area contributed by atoms with E-state index in [1.165, 1.54) is 0 Å². The number of hydrogen-bond donors (Lipinski definition) is 1. The van der Waals surface area contributed by atoms with Gasteiger partial charge in [-0.2, -0.15) is 5.26 Å². The zero-order valence-electron chi connectivity index (χ0n) is 12.9. The molecule has 2 aliphatic rings. The van der Waals surface area contributed by atoms with Crippen LogP contribution < -0.4 is 0 Å². The van der Waals surface area contributed by atoms with E-state index in [4.69, 9.17) is 26.3 Å². The van der Waals surface area contributed by atoms with Gasteiger partial charge >= 0.3 is 0 Å². The van der Waals surface area contributed by atoms with Gasteiger partial charge in [-0.05, 0) is 30.5 Å².